The molecule has 2 heterocycles. The third-order valence-electron chi connectivity index (χ3n) is 4.87. The summed E-state index contributed by atoms with van der Waals surface area (Å²) in [6.45, 7) is 1.12. The number of hydrogen-bond donors (Lipinski definition) is 2. The van der Waals surface area contributed by atoms with Gasteiger partial charge in [0, 0.05) is 30.4 Å². The maximum Gasteiger partial charge on any atom is 0.227 e. The predicted octanol–water partition coefficient (Wildman–Crippen LogP) is 3.44. The molecule has 1 aliphatic heterocycles. The molecule has 2 N–H and O–H groups in total. The van der Waals surface area contributed by atoms with Crippen LogP contribution in [0.1, 0.15) is 12.8 Å². The van der Waals surface area contributed by atoms with E-state index in [1.54, 1.807) is 6.33 Å². The van der Waals surface area contributed by atoms with Gasteiger partial charge in [0.25, 0.3) is 0 Å². The summed E-state index contributed by atoms with van der Waals surface area (Å²) in [4.78, 5) is 16.7. The Bertz CT molecular complexity index is 1040. The molecule has 27 heavy (non-hydrogen) atoms. The van der Waals surface area contributed by atoms with Gasteiger partial charge >= 0.3 is 0 Å². The lowest BCUT2D eigenvalue weighted by Gasteiger charge is -2.19. The highest BCUT2D eigenvalue weighted by molar-refractivity contribution is 6.03. The molecule has 0 atom stereocenters. The summed E-state index contributed by atoms with van der Waals surface area (Å²) in [6, 6.07) is 9.71. The lowest BCUT2D eigenvalue weighted by molar-refractivity contribution is -0.117. The highest BCUT2D eigenvalue weighted by Gasteiger charge is 2.30. The van der Waals surface area contributed by atoms with Gasteiger partial charge in [0.2, 0.25) is 5.91 Å². The monoisotopic (exact) mass is 364 g/mol. The number of benzene rings is 2. The van der Waals surface area contributed by atoms with Crippen LogP contribution in [0.25, 0.3) is 11.0 Å². The first-order valence-corrected chi connectivity index (χ1v) is 9.10. The molecule has 0 radical (unpaired) electrons. The van der Waals surface area contributed by atoms with Crippen LogP contribution >= 0.6 is 0 Å². The van der Waals surface area contributed by atoms with Gasteiger partial charge in [0.15, 0.2) is 11.5 Å². The number of imidazole rings is 1. The third kappa shape index (κ3) is 3.05. The minimum absolute atomic E-state index is 0.0680. The summed E-state index contributed by atoms with van der Waals surface area (Å²) in [5, 5.41) is 6.43. The van der Waals surface area contributed by atoms with Gasteiger partial charge in [-0.15, -0.1) is 0 Å². The van der Waals surface area contributed by atoms with Crippen molar-refractivity contribution in [3.63, 3.8) is 0 Å². The summed E-state index contributed by atoms with van der Waals surface area (Å²) in [6.07, 6.45) is 3.68. The van der Waals surface area contributed by atoms with Crippen LogP contribution in [0, 0.1) is 5.92 Å². The number of carbonyl (C=O) groups excluding carboxylic acids is 1. The number of hydrogen-bond acceptors (Lipinski definition) is 5. The smallest absolute Gasteiger partial charge is 0.227 e. The first-order valence-electron chi connectivity index (χ1n) is 9.10. The Hall–Kier alpha value is -3.22. The molecule has 0 saturated heterocycles. The first kappa shape index (κ1) is 16.0. The molecule has 2 aromatic carbocycles. The highest BCUT2D eigenvalue weighted by atomic mass is 16.6. The van der Waals surface area contributed by atoms with Crippen molar-refractivity contribution in [2.75, 3.05) is 23.8 Å². The summed E-state index contributed by atoms with van der Waals surface area (Å²) in [5.74, 6) is 1.69. The largest absolute Gasteiger partial charge is 0.486 e. The van der Waals surface area contributed by atoms with Crippen LogP contribution in [-0.2, 0) is 11.8 Å². The van der Waals surface area contributed by atoms with E-state index in [1.165, 1.54) is 0 Å². The highest BCUT2D eigenvalue weighted by Crippen LogP contribution is 2.36. The molecule has 1 fully saturated rings. The van der Waals surface area contributed by atoms with Crippen LogP contribution in [0.3, 0.4) is 0 Å². The Morgan fingerprint density at radius 1 is 1.11 bits per heavy atom. The number of aryl methyl sites for hydroxylation is 1. The number of fused-ring (bicyclic) bond motifs is 2. The minimum atomic E-state index is 0.0680. The van der Waals surface area contributed by atoms with E-state index in [2.05, 4.69) is 15.6 Å². The molecule has 5 rings (SSSR count). The van der Waals surface area contributed by atoms with Gasteiger partial charge < -0.3 is 24.7 Å². The van der Waals surface area contributed by atoms with Gasteiger partial charge in [-0.1, -0.05) is 0 Å². The normalized spacial score (nSPS) is 15.6. The number of carbonyl (C=O) groups is 1. The van der Waals surface area contributed by atoms with E-state index in [4.69, 9.17) is 9.47 Å². The lowest BCUT2D eigenvalue weighted by Crippen LogP contribution is -2.15. The molecule has 7 nitrogen and oxygen atoms in total. The molecule has 2 aliphatic rings. The quantitative estimate of drug-likeness (QED) is 0.742. The average Bonchev–Trinajstić information content (AvgIpc) is 3.46. The zero-order valence-corrected chi connectivity index (χ0v) is 15.0. The number of amides is 1. The van der Waals surface area contributed by atoms with E-state index in [0.29, 0.717) is 13.2 Å². The van der Waals surface area contributed by atoms with E-state index in [9.17, 15) is 4.79 Å². The van der Waals surface area contributed by atoms with Crippen molar-refractivity contribution < 1.29 is 14.3 Å². The zero-order chi connectivity index (χ0) is 18.4. The molecule has 138 valence electrons. The summed E-state index contributed by atoms with van der Waals surface area (Å²) < 4.78 is 13.2. The molecule has 1 saturated carbocycles. The van der Waals surface area contributed by atoms with Gasteiger partial charge in [0.05, 0.1) is 17.5 Å². The topological polar surface area (TPSA) is 77.4 Å². The molecule has 3 aromatic rings. The van der Waals surface area contributed by atoms with E-state index in [-0.39, 0.29) is 11.8 Å². The van der Waals surface area contributed by atoms with Gasteiger partial charge in [-0.25, -0.2) is 4.98 Å². The average molecular weight is 364 g/mol. The first-order chi connectivity index (χ1) is 13.2. The molecule has 7 heteroatoms. The van der Waals surface area contributed by atoms with Gasteiger partial charge in [-0.05, 0) is 37.1 Å². The Labute approximate surface area is 156 Å². The van der Waals surface area contributed by atoms with Crippen molar-refractivity contribution >= 4 is 34.0 Å². The fourth-order valence-electron chi connectivity index (χ4n) is 3.27. The zero-order valence-electron chi connectivity index (χ0n) is 15.0. The minimum Gasteiger partial charge on any atom is -0.486 e. The van der Waals surface area contributed by atoms with Gasteiger partial charge in [0.1, 0.15) is 18.7 Å². The summed E-state index contributed by atoms with van der Waals surface area (Å²) >= 11 is 0. The Balaban J connectivity index is 1.49. The molecule has 1 aliphatic carbocycles. The number of aromatic nitrogens is 2. The summed E-state index contributed by atoms with van der Waals surface area (Å²) in [5.41, 5.74) is 4.22. The van der Waals surface area contributed by atoms with Crippen LogP contribution in [0.4, 0.5) is 17.1 Å². The third-order valence-corrected chi connectivity index (χ3v) is 4.87. The molecule has 0 bridgehead atoms. The second kappa shape index (κ2) is 6.19. The van der Waals surface area contributed by atoms with Crippen LogP contribution in [-0.4, -0.2) is 28.7 Å². The molecule has 0 unspecified atom stereocenters. The Morgan fingerprint density at radius 2 is 1.93 bits per heavy atom. The number of nitrogens with zero attached hydrogens (tertiary/aromatic N) is 2. The van der Waals surface area contributed by atoms with E-state index >= 15 is 0 Å². The van der Waals surface area contributed by atoms with E-state index in [1.807, 2.05) is 41.9 Å². The molecule has 1 amide bonds. The van der Waals surface area contributed by atoms with Crippen molar-refractivity contribution in [1.82, 2.24) is 9.55 Å². The maximum absolute atomic E-state index is 12.3. The van der Waals surface area contributed by atoms with E-state index < -0.39 is 0 Å². The van der Waals surface area contributed by atoms with Crippen LogP contribution < -0.4 is 20.1 Å². The van der Waals surface area contributed by atoms with Crippen molar-refractivity contribution in [3.05, 3.63) is 36.7 Å². The SMILES string of the molecule is Cn1cnc2c(NC(=O)C3CC3)cc(Nc3ccc4c(c3)OCCO4)cc21. The van der Waals surface area contributed by atoms with Crippen LogP contribution in [0.15, 0.2) is 36.7 Å². The van der Waals surface area contributed by atoms with Gasteiger partial charge in [-0.2, -0.15) is 0 Å². The van der Waals surface area contributed by atoms with Crippen LogP contribution in [0.2, 0.25) is 0 Å². The number of ether oxygens (including phenoxy) is 2. The standard InChI is InChI=1S/C20H20N4O3/c1-24-11-21-19-15(23-20(25)12-2-3-12)8-14(9-16(19)24)22-13-4-5-17-18(10-13)27-7-6-26-17/h4-5,8-12,22H,2-3,6-7H2,1H3,(H,23,25). The Morgan fingerprint density at radius 3 is 2.74 bits per heavy atom. The lowest BCUT2D eigenvalue weighted by atomic mass is 10.2. The molecular formula is C20H20N4O3. The van der Waals surface area contributed by atoms with Crippen molar-refractivity contribution in [2.45, 2.75) is 12.8 Å². The van der Waals surface area contributed by atoms with Crippen molar-refractivity contribution in [2.24, 2.45) is 13.0 Å². The molecular weight excluding hydrogens is 344 g/mol. The molecule has 1 aromatic heterocycles. The number of rotatable bonds is 4. The van der Waals surface area contributed by atoms with Crippen molar-refractivity contribution in [3.8, 4) is 11.5 Å². The fourth-order valence-corrected chi connectivity index (χ4v) is 3.27. The van der Waals surface area contributed by atoms with Crippen molar-refractivity contribution in [1.29, 1.82) is 0 Å². The molecule has 0 spiro atoms. The van der Waals surface area contributed by atoms with Gasteiger partial charge in [-0.3, -0.25) is 4.79 Å². The fraction of sp³-hybridized carbons (Fsp3) is 0.300. The summed E-state index contributed by atoms with van der Waals surface area (Å²) in [7, 11) is 1.94. The number of anilines is 3. The second-order valence-corrected chi connectivity index (χ2v) is 6.99. The maximum atomic E-state index is 12.3. The second-order valence-electron chi connectivity index (χ2n) is 6.99. The number of nitrogens with one attached hydrogen (secondary N) is 2. The predicted molar refractivity (Wildman–Crippen MR) is 103 cm³/mol. The Kier molecular flexibility index (Phi) is 3.67. The van der Waals surface area contributed by atoms with E-state index in [0.717, 1.165) is 52.4 Å². The van der Waals surface area contributed by atoms with Crippen LogP contribution in [0.5, 0.6) is 11.5 Å².